The monoisotopic (exact) mass is 329 g/mol. The summed E-state index contributed by atoms with van der Waals surface area (Å²) in [5.74, 6) is 0.212. The third kappa shape index (κ3) is 2.56. The maximum atomic E-state index is 9.37. The average Bonchev–Trinajstić information content (AvgIpc) is 3.15. The van der Waals surface area contributed by atoms with Crippen LogP contribution < -0.4 is 5.73 Å². The Bertz CT molecular complexity index is 874. The van der Waals surface area contributed by atoms with Crippen LogP contribution in [0.15, 0.2) is 30.6 Å². The number of pyridine rings is 1. The van der Waals surface area contributed by atoms with Gasteiger partial charge in [-0.05, 0) is 25.1 Å². The molecule has 0 atom stereocenters. The Morgan fingerprint density at radius 3 is 2.86 bits per heavy atom. The molecule has 0 bridgehead atoms. The van der Waals surface area contributed by atoms with Crippen LogP contribution in [0.4, 0.5) is 5.82 Å². The number of nitrogens with zero attached hydrogens (tertiary/aromatic N) is 4. The predicted octanol–water partition coefficient (Wildman–Crippen LogP) is 3.80. The minimum atomic E-state index is 0.212. The Morgan fingerprint density at radius 2 is 2.27 bits per heavy atom. The van der Waals surface area contributed by atoms with E-state index in [1.54, 1.807) is 10.9 Å². The van der Waals surface area contributed by atoms with Gasteiger partial charge in [0.1, 0.15) is 17.5 Å². The summed E-state index contributed by atoms with van der Waals surface area (Å²) in [5.41, 5.74) is 8.60. The molecule has 0 radical (unpaired) electrons. The Balaban J connectivity index is 2.19. The van der Waals surface area contributed by atoms with Gasteiger partial charge in [-0.15, -0.1) is 11.3 Å². The van der Waals surface area contributed by atoms with Crippen molar-refractivity contribution in [1.82, 2.24) is 14.8 Å². The van der Waals surface area contributed by atoms with Crippen LogP contribution in [-0.4, -0.2) is 14.8 Å². The van der Waals surface area contributed by atoms with Gasteiger partial charge in [-0.25, -0.2) is 4.98 Å². The lowest BCUT2D eigenvalue weighted by molar-refractivity contribution is 0.660. The maximum Gasteiger partial charge on any atom is 0.142 e. The Morgan fingerprint density at radius 1 is 1.45 bits per heavy atom. The summed E-state index contributed by atoms with van der Waals surface area (Å²) in [6, 6.07) is 7.68. The minimum absolute atomic E-state index is 0.212. The van der Waals surface area contributed by atoms with E-state index >= 15 is 0 Å². The zero-order chi connectivity index (χ0) is 15.7. The number of aryl methyl sites for hydroxylation is 1. The summed E-state index contributed by atoms with van der Waals surface area (Å²) in [6.07, 6.45) is 3.62. The molecule has 3 aromatic heterocycles. The second-order valence-corrected chi connectivity index (χ2v) is 6.33. The number of anilines is 1. The highest BCUT2D eigenvalue weighted by molar-refractivity contribution is 7.19. The number of nitrogens with two attached hydrogens (primary N) is 1. The molecule has 0 fully saturated rings. The number of hydrogen-bond donors (Lipinski definition) is 1. The Hall–Kier alpha value is -2.36. The van der Waals surface area contributed by atoms with E-state index in [-0.39, 0.29) is 5.82 Å². The number of rotatable bonds is 3. The van der Waals surface area contributed by atoms with Gasteiger partial charge < -0.3 is 5.73 Å². The van der Waals surface area contributed by atoms with Crippen molar-refractivity contribution < 1.29 is 0 Å². The fraction of sp³-hybridized carbons (Fsp3) is 0.133. The van der Waals surface area contributed by atoms with E-state index in [1.807, 2.05) is 31.3 Å². The van der Waals surface area contributed by atoms with E-state index < -0.39 is 0 Å². The van der Waals surface area contributed by atoms with Gasteiger partial charge in [-0.3, -0.25) is 4.68 Å². The standard InChI is InChI=1S/C15H12ClN5S/c1-2-21-8-9(7-19-21)10-5-12(13-3-4-14(16)22-13)20-15(18)11(10)6-17/h3-5,7-8H,2H2,1H3,(H2,18,20). The molecule has 3 rings (SSSR count). The zero-order valence-corrected chi connectivity index (χ0v) is 13.3. The molecule has 3 aromatic rings. The molecule has 0 aliphatic heterocycles. The van der Waals surface area contributed by atoms with Crippen molar-refractivity contribution >= 4 is 28.8 Å². The normalized spacial score (nSPS) is 10.6. The first-order valence-corrected chi connectivity index (χ1v) is 7.81. The van der Waals surface area contributed by atoms with Gasteiger partial charge in [0, 0.05) is 23.9 Å². The highest BCUT2D eigenvalue weighted by atomic mass is 35.5. The van der Waals surface area contributed by atoms with Crippen molar-refractivity contribution in [2.24, 2.45) is 0 Å². The Labute approximate surface area is 136 Å². The molecule has 22 heavy (non-hydrogen) atoms. The van der Waals surface area contributed by atoms with E-state index in [1.165, 1.54) is 11.3 Å². The van der Waals surface area contributed by atoms with Crippen LogP contribution >= 0.6 is 22.9 Å². The maximum absolute atomic E-state index is 9.37. The number of nitriles is 1. The minimum Gasteiger partial charge on any atom is -0.383 e. The third-order valence-electron chi connectivity index (χ3n) is 3.25. The molecular formula is C15H12ClN5S. The number of hydrogen-bond acceptors (Lipinski definition) is 5. The molecule has 2 N–H and O–H groups in total. The van der Waals surface area contributed by atoms with Crippen molar-refractivity contribution in [1.29, 1.82) is 5.26 Å². The van der Waals surface area contributed by atoms with Gasteiger partial charge in [-0.2, -0.15) is 10.4 Å². The lowest BCUT2D eigenvalue weighted by atomic mass is 10.0. The molecule has 0 spiro atoms. The van der Waals surface area contributed by atoms with Crippen molar-refractivity contribution in [3.05, 3.63) is 40.5 Å². The first-order valence-electron chi connectivity index (χ1n) is 6.61. The third-order valence-corrected chi connectivity index (χ3v) is 4.51. The highest BCUT2D eigenvalue weighted by Crippen LogP contribution is 2.35. The van der Waals surface area contributed by atoms with E-state index in [4.69, 9.17) is 17.3 Å². The molecule has 0 aliphatic carbocycles. The van der Waals surface area contributed by atoms with Gasteiger partial charge >= 0.3 is 0 Å². The molecule has 110 valence electrons. The molecule has 5 nitrogen and oxygen atoms in total. The van der Waals surface area contributed by atoms with Crippen LogP contribution in [0, 0.1) is 11.3 Å². The van der Waals surface area contributed by atoms with Crippen molar-refractivity contribution in [2.75, 3.05) is 5.73 Å². The van der Waals surface area contributed by atoms with E-state index in [0.29, 0.717) is 15.6 Å². The summed E-state index contributed by atoms with van der Waals surface area (Å²) in [6.45, 7) is 2.76. The van der Waals surface area contributed by atoms with E-state index in [2.05, 4.69) is 16.2 Å². The summed E-state index contributed by atoms with van der Waals surface area (Å²) < 4.78 is 2.48. The van der Waals surface area contributed by atoms with Crippen molar-refractivity contribution in [2.45, 2.75) is 13.5 Å². The fourth-order valence-electron chi connectivity index (χ4n) is 2.16. The lowest BCUT2D eigenvalue weighted by Crippen LogP contribution is -1.99. The van der Waals surface area contributed by atoms with Gasteiger partial charge in [0.2, 0.25) is 0 Å². The first-order chi connectivity index (χ1) is 10.6. The van der Waals surface area contributed by atoms with Crippen molar-refractivity contribution in [3.63, 3.8) is 0 Å². The van der Waals surface area contributed by atoms with Crippen LogP contribution in [0.1, 0.15) is 12.5 Å². The quantitative estimate of drug-likeness (QED) is 0.792. The molecular weight excluding hydrogens is 318 g/mol. The second kappa shape index (κ2) is 5.79. The van der Waals surface area contributed by atoms with Crippen LogP contribution in [0.25, 0.3) is 21.7 Å². The second-order valence-electron chi connectivity index (χ2n) is 4.62. The molecule has 0 saturated carbocycles. The molecule has 0 aromatic carbocycles. The van der Waals surface area contributed by atoms with Crippen LogP contribution in [-0.2, 0) is 6.54 Å². The number of aromatic nitrogens is 3. The molecule has 0 saturated heterocycles. The van der Waals surface area contributed by atoms with Gasteiger partial charge in [0.05, 0.1) is 21.1 Å². The van der Waals surface area contributed by atoms with Gasteiger partial charge in [0.25, 0.3) is 0 Å². The first kappa shape index (κ1) is 14.6. The molecule has 0 amide bonds. The lowest BCUT2D eigenvalue weighted by Gasteiger charge is -2.07. The van der Waals surface area contributed by atoms with Crippen LogP contribution in [0.3, 0.4) is 0 Å². The van der Waals surface area contributed by atoms with Crippen LogP contribution in [0.2, 0.25) is 4.34 Å². The largest absolute Gasteiger partial charge is 0.383 e. The summed E-state index contributed by atoms with van der Waals surface area (Å²) in [5, 5.41) is 13.6. The average molecular weight is 330 g/mol. The topological polar surface area (TPSA) is 80.5 Å². The number of nitrogen functional groups attached to an aromatic ring is 1. The van der Waals surface area contributed by atoms with Crippen LogP contribution in [0.5, 0.6) is 0 Å². The molecule has 7 heteroatoms. The molecule has 0 aliphatic rings. The van der Waals surface area contributed by atoms with Gasteiger partial charge in [-0.1, -0.05) is 11.6 Å². The zero-order valence-electron chi connectivity index (χ0n) is 11.7. The summed E-state index contributed by atoms with van der Waals surface area (Å²) in [7, 11) is 0. The number of halogens is 1. The SMILES string of the molecule is CCn1cc(-c2cc(-c3ccc(Cl)s3)nc(N)c2C#N)cn1. The fourth-order valence-corrected chi connectivity index (χ4v) is 3.17. The smallest absolute Gasteiger partial charge is 0.142 e. The van der Waals surface area contributed by atoms with E-state index in [9.17, 15) is 5.26 Å². The summed E-state index contributed by atoms with van der Waals surface area (Å²) in [4.78, 5) is 5.23. The number of thiophene rings is 1. The Kier molecular flexibility index (Phi) is 3.84. The molecule has 0 unspecified atom stereocenters. The summed E-state index contributed by atoms with van der Waals surface area (Å²) >= 11 is 7.40. The molecule has 3 heterocycles. The predicted molar refractivity (Wildman–Crippen MR) is 88.6 cm³/mol. The van der Waals surface area contributed by atoms with E-state index in [0.717, 1.165) is 22.5 Å². The highest BCUT2D eigenvalue weighted by Gasteiger charge is 2.15. The van der Waals surface area contributed by atoms with Crippen molar-refractivity contribution in [3.8, 4) is 27.8 Å². The van der Waals surface area contributed by atoms with Gasteiger partial charge in [0.15, 0.2) is 0 Å².